The number of nitrogens with zero attached hydrogens (tertiary/aromatic N) is 2. The number of anilines is 2. The quantitative estimate of drug-likeness (QED) is 0.871. The number of carbonyl (C=O) groups excluding carboxylic acids is 1. The Morgan fingerprint density at radius 3 is 2.46 bits per heavy atom. The van der Waals surface area contributed by atoms with Crippen LogP contribution in [-0.4, -0.2) is 50.1 Å². The summed E-state index contributed by atoms with van der Waals surface area (Å²) in [6, 6.07) is 15.0. The van der Waals surface area contributed by atoms with Gasteiger partial charge in [-0.25, -0.2) is 0 Å². The molecule has 0 aromatic heterocycles. The van der Waals surface area contributed by atoms with Crippen LogP contribution in [0.5, 0.6) is 5.75 Å². The first-order valence-corrected chi connectivity index (χ1v) is 9.14. The summed E-state index contributed by atoms with van der Waals surface area (Å²) in [6.07, 6.45) is 0. The van der Waals surface area contributed by atoms with E-state index in [1.807, 2.05) is 55.5 Å². The summed E-state index contributed by atoms with van der Waals surface area (Å²) in [5.74, 6) is 0.836. The molecule has 1 unspecified atom stereocenters. The molecule has 2 aromatic carbocycles. The van der Waals surface area contributed by atoms with Gasteiger partial charge in [0.1, 0.15) is 5.75 Å². The molecule has 1 aliphatic heterocycles. The van der Waals surface area contributed by atoms with Gasteiger partial charge in [-0.2, -0.15) is 0 Å². The van der Waals surface area contributed by atoms with E-state index in [1.54, 1.807) is 7.11 Å². The molecule has 0 aliphatic carbocycles. The topological polar surface area (TPSA) is 44.8 Å². The predicted molar refractivity (Wildman–Crippen MR) is 106 cm³/mol. The largest absolute Gasteiger partial charge is 0.495 e. The van der Waals surface area contributed by atoms with Crippen molar-refractivity contribution in [2.24, 2.45) is 0 Å². The SMILES string of the molecule is COc1ccc(Cl)cc1N1CCN(C(C)C(=O)Nc2ccccc2)CC1. The third kappa shape index (κ3) is 4.29. The van der Waals surface area contributed by atoms with Crippen molar-refractivity contribution in [3.05, 3.63) is 53.6 Å². The van der Waals surface area contributed by atoms with E-state index in [0.717, 1.165) is 43.3 Å². The highest BCUT2D eigenvalue weighted by Crippen LogP contribution is 2.32. The van der Waals surface area contributed by atoms with Crippen molar-refractivity contribution in [2.75, 3.05) is 43.5 Å². The first-order valence-electron chi connectivity index (χ1n) is 8.77. The van der Waals surface area contributed by atoms with E-state index in [0.29, 0.717) is 5.02 Å². The van der Waals surface area contributed by atoms with E-state index in [1.165, 1.54) is 0 Å². The van der Waals surface area contributed by atoms with Crippen LogP contribution in [0.4, 0.5) is 11.4 Å². The van der Waals surface area contributed by atoms with Crippen molar-refractivity contribution < 1.29 is 9.53 Å². The maximum absolute atomic E-state index is 12.5. The average molecular weight is 374 g/mol. The van der Waals surface area contributed by atoms with Crippen LogP contribution in [0, 0.1) is 0 Å². The highest BCUT2D eigenvalue weighted by Gasteiger charge is 2.26. The van der Waals surface area contributed by atoms with Gasteiger partial charge in [-0.15, -0.1) is 0 Å². The van der Waals surface area contributed by atoms with E-state index < -0.39 is 0 Å². The Bertz CT molecular complexity index is 746. The lowest BCUT2D eigenvalue weighted by molar-refractivity contribution is -0.120. The number of hydrogen-bond acceptors (Lipinski definition) is 4. The molecule has 1 heterocycles. The number of benzene rings is 2. The zero-order valence-corrected chi connectivity index (χ0v) is 15.9. The molecule has 1 fully saturated rings. The molecular formula is C20H24ClN3O2. The third-order valence-corrected chi connectivity index (χ3v) is 5.00. The first-order chi connectivity index (χ1) is 12.6. The number of nitrogens with one attached hydrogen (secondary N) is 1. The Balaban J connectivity index is 1.59. The van der Waals surface area contributed by atoms with Gasteiger partial charge in [0.05, 0.1) is 18.8 Å². The number of amides is 1. The van der Waals surface area contributed by atoms with Gasteiger partial charge in [0, 0.05) is 36.9 Å². The van der Waals surface area contributed by atoms with Gasteiger partial charge in [0.2, 0.25) is 5.91 Å². The Hall–Kier alpha value is -2.24. The number of rotatable bonds is 5. The van der Waals surface area contributed by atoms with Crippen LogP contribution in [0.2, 0.25) is 5.02 Å². The number of para-hydroxylation sites is 1. The fraction of sp³-hybridized carbons (Fsp3) is 0.350. The Kier molecular flexibility index (Phi) is 6.01. The van der Waals surface area contributed by atoms with Gasteiger partial charge in [0.15, 0.2) is 0 Å². The minimum atomic E-state index is -0.182. The summed E-state index contributed by atoms with van der Waals surface area (Å²) in [6.45, 7) is 5.20. The third-order valence-electron chi connectivity index (χ3n) is 4.76. The Morgan fingerprint density at radius 1 is 1.12 bits per heavy atom. The maximum atomic E-state index is 12.5. The highest BCUT2D eigenvalue weighted by molar-refractivity contribution is 6.30. The molecule has 0 saturated carbocycles. The number of halogens is 1. The molecule has 3 rings (SSSR count). The van der Waals surface area contributed by atoms with E-state index in [-0.39, 0.29) is 11.9 Å². The molecule has 0 radical (unpaired) electrons. The summed E-state index contributed by atoms with van der Waals surface area (Å²) in [5.41, 5.74) is 1.83. The van der Waals surface area contributed by atoms with Crippen LogP contribution in [0.15, 0.2) is 48.5 Å². The van der Waals surface area contributed by atoms with E-state index in [4.69, 9.17) is 16.3 Å². The Labute approximate surface area is 159 Å². The maximum Gasteiger partial charge on any atom is 0.241 e. The van der Waals surface area contributed by atoms with E-state index in [9.17, 15) is 4.79 Å². The van der Waals surface area contributed by atoms with Crippen molar-refractivity contribution in [3.63, 3.8) is 0 Å². The van der Waals surface area contributed by atoms with Crippen molar-refractivity contribution in [3.8, 4) is 5.75 Å². The number of carbonyl (C=O) groups is 1. The molecule has 1 aliphatic rings. The minimum absolute atomic E-state index is 0.0185. The van der Waals surface area contributed by atoms with Gasteiger partial charge in [0.25, 0.3) is 0 Å². The first kappa shape index (κ1) is 18.5. The van der Waals surface area contributed by atoms with Crippen molar-refractivity contribution in [1.29, 1.82) is 0 Å². The van der Waals surface area contributed by atoms with Crippen LogP contribution < -0.4 is 15.0 Å². The lowest BCUT2D eigenvalue weighted by Crippen LogP contribution is -2.52. The summed E-state index contributed by atoms with van der Waals surface area (Å²) in [4.78, 5) is 17.0. The van der Waals surface area contributed by atoms with Gasteiger partial charge in [-0.1, -0.05) is 29.8 Å². The summed E-state index contributed by atoms with van der Waals surface area (Å²) in [5, 5.41) is 3.67. The fourth-order valence-electron chi connectivity index (χ4n) is 3.19. The van der Waals surface area contributed by atoms with Gasteiger partial charge >= 0.3 is 0 Å². The monoisotopic (exact) mass is 373 g/mol. The molecule has 0 spiro atoms. The molecule has 1 saturated heterocycles. The van der Waals surface area contributed by atoms with Crippen LogP contribution in [0.1, 0.15) is 6.92 Å². The van der Waals surface area contributed by atoms with Crippen LogP contribution in [-0.2, 0) is 4.79 Å². The molecular weight excluding hydrogens is 350 g/mol. The molecule has 138 valence electrons. The zero-order valence-electron chi connectivity index (χ0n) is 15.1. The second kappa shape index (κ2) is 8.43. The van der Waals surface area contributed by atoms with Crippen LogP contribution in [0.25, 0.3) is 0 Å². The molecule has 1 N–H and O–H groups in total. The Morgan fingerprint density at radius 2 is 1.81 bits per heavy atom. The smallest absolute Gasteiger partial charge is 0.241 e. The van der Waals surface area contributed by atoms with Crippen LogP contribution >= 0.6 is 11.6 Å². The highest BCUT2D eigenvalue weighted by atomic mass is 35.5. The molecule has 1 amide bonds. The fourth-order valence-corrected chi connectivity index (χ4v) is 3.36. The molecule has 26 heavy (non-hydrogen) atoms. The van der Waals surface area contributed by atoms with Crippen molar-refractivity contribution >= 4 is 28.9 Å². The van der Waals surface area contributed by atoms with Gasteiger partial charge < -0.3 is 15.0 Å². The van der Waals surface area contributed by atoms with E-state index >= 15 is 0 Å². The second-order valence-electron chi connectivity index (χ2n) is 6.37. The molecule has 0 bridgehead atoms. The predicted octanol–water partition coefficient (Wildman–Crippen LogP) is 3.50. The molecule has 5 nitrogen and oxygen atoms in total. The van der Waals surface area contributed by atoms with E-state index in [2.05, 4.69) is 15.1 Å². The van der Waals surface area contributed by atoms with Gasteiger partial charge in [-0.05, 0) is 37.3 Å². The molecule has 6 heteroatoms. The lowest BCUT2D eigenvalue weighted by Gasteiger charge is -2.39. The van der Waals surface area contributed by atoms with Crippen molar-refractivity contribution in [1.82, 2.24) is 4.90 Å². The number of hydrogen-bond donors (Lipinski definition) is 1. The second-order valence-corrected chi connectivity index (χ2v) is 6.81. The number of methoxy groups -OCH3 is 1. The summed E-state index contributed by atoms with van der Waals surface area (Å²) < 4.78 is 5.45. The summed E-state index contributed by atoms with van der Waals surface area (Å²) >= 11 is 6.15. The lowest BCUT2D eigenvalue weighted by atomic mass is 10.2. The average Bonchev–Trinajstić information content (AvgIpc) is 2.68. The molecule has 2 aromatic rings. The van der Waals surface area contributed by atoms with Crippen molar-refractivity contribution in [2.45, 2.75) is 13.0 Å². The normalized spacial score (nSPS) is 16.2. The standard InChI is InChI=1S/C20H24ClN3O2/c1-15(20(25)22-17-6-4-3-5-7-17)23-10-12-24(13-11-23)18-14-16(21)8-9-19(18)26-2/h3-9,14-15H,10-13H2,1-2H3,(H,22,25). The van der Waals surface area contributed by atoms with Crippen LogP contribution in [0.3, 0.4) is 0 Å². The summed E-state index contributed by atoms with van der Waals surface area (Å²) in [7, 11) is 1.67. The van der Waals surface area contributed by atoms with Gasteiger partial charge in [-0.3, -0.25) is 9.69 Å². The zero-order chi connectivity index (χ0) is 18.5. The number of piperazine rings is 1. The minimum Gasteiger partial charge on any atom is -0.495 e. The molecule has 1 atom stereocenters. The number of ether oxygens (including phenoxy) is 1.